The number of benzene rings is 1. The van der Waals surface area contributed by atoms with Gasteiger partial charge in [0.1, 0.15) is 18.2 Å². The Morgan fingerprint density at radius 2 is 1.96 bits per heavy atom. The van der Waals surface area contributed by atoms with Crippen molar-refractivity contribution in [2.24, 2.45) is 5.92 Å². The molecule has 0 saturated heterocycles. The lowest BCUT2D eigenvalue weighted by Crippen LogP contribution is -2.17. The van der Waals surface area contributed by atoms with E-state index in [0.717, 1.165) is 11.4 Å². The molecule has 0 unspecified atom stereocenters. The lowest BCUT2D eigenvalue weighted by Gasteiger charge is -2.18. The molecule has 0 aliphatic carbocycles. The van der Waals surface area contributed by atoms with Crippen molar-refractivity contribution >= 4 is 26.5 Å². The summed E-state index contributed by atoms with van der Waals surface area (Å²) in [7, 11) is -3.74. The summed E-state index contributed by atoms with van der Waals surface area (Å²) >= 11 is 1.24. The minimum atomic E-state index is -3.74. The smallest absolute Gasteiger partial charge is 0.263 e. The summed E-state index contributed by atoms with van der Waals surface area (Å²) in [4.78, 5) is 0.0994. The zero-order valence-electron chi connectivity index (χ0n) is 12.8. The van der Waals surface area contributed by atoms with Crippen molar-refractivity contribution in [2.75, 3.05) is 17.9 Å². The van der Waals surface area contributed by atoms with Crippen molar-refractivity contribution in [3.8, 4) is 11.5 Å². The average molecular weight is 355 g/mol. The molecule has 1 aromatic heterocycles. The van der Waals surface area contributed by atoms with Gasteiger partial charge < -0.3 is 9.47 Å². The van der Waals surface area contributed by atoms with Crippen LogP contribution in [0.5, 0.6) is 11.5 Å². The van der Waals surface area contributed by atoms with Crippen molar-refractivity contribution in [3.63, 3.8) is 0 Å². The summed E-state index contributed by atoms with van der Waals surface area (Å²) < 4.78 is 38.2. The second-order valence-corrected chi connectivity index (χ2v) is 8.25. The number of nitrogens with zero attached hydrogens (tertiary/aromatic N) is 2. The first-order chi connectivity index (χ1) is 10.9. The minimum absolute atomic E-state index is 0.0994. The van der Waals surface area contributed by atoms with E-state index in [1.165, 1.54) is 23.5 Å². The zero-order valence-corrected chi connectivity index (χ0v) is 14.4. The van der Waals surface area contributed by atoms with Crippen LogP contribution in [0.25, 0.3) is 0 Å². The molecular weight excluding hydrogens is 338 g/mol. The highest BCUT2D eigenvalue weighted by atomic mass is 32.2. The molecule has 2 aromatic rings. The molecule has 9 heteroatoms. The number of ether oxygens (including phenoxy) is 2. The van der Waals surface area contributed by atoms with Crippen LogP contribution in [0.15, 0.2) is 23.1 Å². The van der Waals surface area contributed by atoms with E-state index in [0.29, 0.717) is 30.6 Å². The number of fused-ring (bicyclic) bond motifs is 1. The Kier molecular flexibility index (Phi) is 4.40. The van der Waals surface area contributed by atoms with Crippen LogP contribution in [0.3, 0.4) is 0 Å². The Balaban J connectivity index is 1.80. The van der Waals surface area contributed by atoms with Crippen molar-refractivity contribution in [2.45, 2.75) is 25.2 Å². The summed E-state index contributed by atoms with van der Waals surface area (Å²) in [6.45, 7) is 5.00. The third-order valence-corrected chi connectivity index (χ3v) is 5.42. The highest BCUT2D eigenvalue weighted by molar-refractivity contribution is 7.93. The largest absolute Gasteiger partial charge is 0.486 e. The number of hydrogen-bond donors (Lipinski definition) is 1. The molecule has 1 N–H and O–H groups in total. The lowest BCUT2D eigenvalue weighted by atomic mass is 10.1. The monoisotopic (exact) mass is 355 g/mol. The van der Waals surface area contributed by atoms with E-state index in [9.17, 15) is 8.42 Å². The third kappa shape index (κ3) is 3.73. The van der Waals surface area contributed by atoms with E-state index in [-0.39, 0.29) is 10.0 Å². The van der Waals surface area contributed by atoms with Crippen LogP contribution in [0.1, 0.15) is 18.9 Å². The predicted molar refractivity (Wildman–Crippen MR) is 86.7 cm³/mol. The topological polar surface area (TPSA) is 90.4 Å². The van der Waals surface area contributed by atoms with E-state index >= 15 is 0 Å². The molecule has 1 aliphatic heterocycles. The van der Waals surface area contributed by atoms with Crippen LogP contribution in [0.2, 0.25) is 0 Å². The Morgan fingerprint density at radius 1 is 1.22 bits per heavy atom. The molecule has 0 fully saturated rings. The Bertz CT molecular complexity index is 802. The molecule has 7 nitrogen and oxygen atoms in total. The van der Waals surface area contributed by atoms with E-state index in [4.69, 9.17) is 9.47 Å². The van der Waals surface area contributed by atoms with Gasteiger partial charge in [-0.2, -0.15) is 0 Å². The molecule has 0 spiro atoms. The zero-order chi connectivity index (χ0) is 16.4. The Labute approximate surface area is 138 Å². The molecule has 1 aliphatic rings. The van der Waals surface area contributed by atoms with Gasteiger partial charge in [0.25, 0.3) is 10.0 Å². The molecule has 0 atom stereocenters. The van der Waals surface area contributed by atoms with Gasteiger partial charge in [0.2, 0.25) is 5.13 Å². The molecule has 0 saturated carbocycles. The second-order valence-electron chi connectivity index (χ2n) is 5.51. The molecule has 124 valence electrons. The molecule has 2 heterocycles. The molecular formula is C14H17N3O4S2. The summed E-state index contributed by atoms with van der Waals surface area (Å²) in [5.41, 5.74) is 0. The highest BCUT2D eigenvalue weighted by Crippen LogP contribution is 2.33. The Morgan fingerprint density at radius 3 is 2.70 bits per heavy atom. The summed E-state index contributed by atoms with van der Waals surface area (Å²) in [6.07, 6.45) is 0.767. The average Bonchev–Trinajstić information content (AvgIpc) is 2.92. The summed E-state index contributed by atoms with van der Waals surface area (Å²) in [6, 6.07) is 4.52. The molecule has 0 amide bonds. The molecule has 0 radical (unpaired) electrons. The van der Waals surface area contributed by atoms with Crippen molar-refractivity contribution in [1.82, 2.24) is 10.2 Å². The number of nitrogens with one attached hydrogen (secondary N) is 1. The minimum Gasteiger partial charge on any atom is -0.486 e. The second kappa shape index (κ2) is 6.32. The third-order valence-electron chi connectivity index (χ3n) is 3.10. The SMILES string of the molecule is CC(C)Cc1nnc(NS(=O)(=O)c2ccc3c(c2)OCCO3)s1. The van der Waals surface area contributed by atoms with E-state index in [1.807, 2.05) is 0 Å². The predicted octanol–water partition coefficient (Wildman–Crippen LogP) is 2.31. The normalized spacial score (nSPS) is 14.0. The van der Waals surface area contributed by atoms with E-state index < -0.39 is 10.0 Å². The summed E-state index contributed by atoms with van der Waals surface area (Å²) in [5.74, 6) is 1.41. The van der Waals surface area contributed by atoms with Gasteiger partial charge in [-0.1, -0.05) is 25.2 Å². The van der Waals surface area contributed by atoms with Gasteiger partial charge in [-0.3, -0.25) is 4.72 Å². The maximum absolute atomic E-state index is 12.5. The number of aromatic nitrogens is 2. The molecule has 0 bridgehead atoms. The fourth-order valence-electron chi connectivity index (χ4n) is 2.09. The maximum atomic E-state index is 12.5. The van der Waals surface area contributed by atoms with Crippen LogP contribution in [0, 0.1) is 5.92 Å². The highest BCUT2D eigenvalue weighted by Gasteiger charge is 2.21. The van der Waals surface area contributed by atoms with Gasteiger partial charge in [0, 0.05) is 12.5 Å². The van der Waals surface area contributed by atoms with Crippen LogP contribution < -0.4 is 14.2 Å². The van der Waals surface area contributed by atoms with Crippen LogP contribution in [-0.4, -0.2) is 31.8 Å². The van der Waals surface area contributed by atoms with Gasteiger partial charge in [-0.05, 0) is 18.1 Å². The fraction of sp³-hybridized carbons (Fsp3) is 0.429. The first kappa shape index (κ1) is 16.0. The lowest BCUT2D eigenvalue weighted by molar-refractivity contribution is 0.171. The first-order valence-electron chi connectivity index (χ1n) is 7.19. The first-order valence-corrected chi connectivity index (χ1v) is 9.49. The Hall–Kier alpha value is -1.87. The van der Waals surface area contributed by atoms with Gasteiger partial charge in [0.05, 0.1) is 4.90 Å². The standard InChI is InChI=1S/C14H17N3O4S2/c1-9(2)7-13-15-16-14(22-13)17-23(18,19)10-3-4-11-12(8-10)21-6-5-20-11/h3-4,8-9H,5-7H2,1-2H3,(H,16,17). The quantitative estimate of drug-likeness (QED) is 0.885. The number of sulfonamides is 1. The molecule has 3 rings (SSSR count). The van der Waals surface area contributed by atoms with Gasteiger partial charge in [-0.15, -0.1) is 10.2 Å². The number of hydrogen-bond acceptors (Lipinski definition) is 7. The van der Waals surface area contributed by atoms with E-state index in [2.05, 4.69) is 28.8 Å². The van der Waals surface area contributed by atoms with Crippen LogP contribution >= 0.6 is 11.3 Å². The molecule has 1 aromatic carbocycles. The van der Waals surface area contributed by atoms with Crippen molar-refractivity contribution in [1.29, 1.82) is 0 Å². The van der Waals surface area contributed by atoms with Crippen LogP contribution in [0.4, 0.5) is 5.13 Å². The maximum Gasteiger partial charge on any atom is 0.263 e. The number of anilines is 1. The van der Waals surface area contributed by atoms with Crippen molar-refractivity contribution in [3.05, 3.63) is 23.2 Å². The number of rotatable bonds is 5. The van der Waals surface area contributed by atoms with Gasteiger partial charge in [-0.25, -0.2) is 8.42 Å². The van der Waals surface area contributed by atoms with Crippen molar-refractivity contribution < 1.29 is 17.9 Å². The van der Waals surface area contributed by atoms with Gasteiger partial charge in [0.15, 0.2) is 11.5 Å². The van der Waals surface area contributed by atoms with Crippen LogP contribution in [-0.2, 0) is 16.4 Å². The van der Waals surface area contributed by atoms with E-state index in [1.54, 1.807) is 6.07 Å². The molecule has 23 heavy (non-hydrogen) atoms. The summed E-state index contributed by atoms with van der Waals surface area (Å²) in [5, 5.41) is 8.96. The van der Waals surface area contributed by atoms with Gasteiger partial charge >= 0.3 is 0 Å². The fourth-order valence-corrected chi connectivity index (χ4v) is 4.29.